The van der Waals surface area contributed by atoms with Crippen LogP contribution in [0.3, 0.4) is 0 Å². The zero-order valence-corrected chi connectivity index (χ0v) is 9.37. The first kappa shape index (κ1) is 11.6. The van der Waals surface area contributed by atoms with E-state index >= 15 is 0 Å². The van der Waals surface area contributed by atoms with Crippen LogP contribution in [0, 0.1) is 18.8 Å². The van der Waals surface area contributed by atoms with E-state index in [1.807, 2.05) is 25.1 Å². The zero-order valence-electron chi connectivity index (χ0n) is 9.37. The molecule has 0 aromatic heterocycles. The molecule has 1 N–H and O–H groups in total. The van der Waals surface area contributed by atoms with E-state index in [0.29, 0.717) is 6.61 Å². The SMILES string of the molecule is CC#CCOc1ccc([C@H](C)O)cc1C. The van der Waals surface area contributed by atoms with E-state index in [4.69, 9.17) is 4.74 Å². The summed E-state index contributed by atoms with van der Waals surface area (Å²) in [6.07, 6.45) is -0.437. The van der Waals surface area contributed by atoms with Gasteiger partial charge < -0.3 is 9.84 Å². The Morgan fingerprint density at radius 2 is 2.20 bits per heavy atom. The molecule has 2 heteroatoms. The molecule has 0 bridgehead atoms. The van der Waals surface area contributed by atoms with Gasteiger partial charge in [0.05, 0.1) is 6.10 Å². The molecule has 0 unspecified atom stereocenters. The average Bonchev–Trinajstić information content (AvgIpc) is 2.20. The fraction of sp³-hybridized carbons (Fsp3) is 0.385. The third kappa shape index (κ3) is 3.30. The maximum atomic E-state index is 9.39. The number of rotatable bonds is 3. The summed E-state index contributed by atoms with van der Waals surface area (Å²) in [4.78, 5) is 0. The molecular weight excluding hydrogens is 188 g/mol. The lowest BCUT2D eigenvalue weighted by Gasteiger charge is -2.10. The number of hydrogen-bond donors (Lipinski definition) is 1. The summed E-state index contributed by atoms with van der Waals surface area (Å²) < 4.78 is 5.46. The van der Waals surface area contributed by atoms with E-state index < -0.39 is 6.10 Å². The van der Waals surface area contributed by atoms with E-state index in [-0.39, 0.29) is 0 Å². The molecule has 1 atom stereocenters. The van der Waals surface area contributed by atoms with Crippen molar-refractivity contribution in [2.45, 2.75) is 26.9 Å². The van der Waals surface area contributed by atoms with Gasteiger partial charge in [0.15, 0.2) is 0 Å². The highest BCUT2D eigenvalue weighted by Gasteiger charge is 2.04. The summed E-state index contributed by atoms with van der Waals surface area (Å²) in [6, 6.07) is 5.67. The summed E-state index contributed by atoms with van der Waals surface area (Å²) in [5.41, 5.74) is 1.92. The molecule has 0 aliphatic heterocycles. The van der Waals surface area contributed by atoms with Crippen molar-refractivity contribution in [3.63, 3.8) is 0 Å². The van der Waals surface area contributed by atoms with Gasteiger partial charge in [-0.2, -0.15) is 0 Å². The van der Waals surface area contributed by atoms with Crippen molar-refractivity contribution in [2.75, 3.05) is 6.61 Å². The van der Waals surface area contributed by atoms with Crippen LogP contribution in [0.2, 0.25) is 0 Å². The lowest BCUT2D eigenvalue weighted by atomic mass is 10.1. The van der Waals surface area contributed by atoms with Crippen LogP contribution in [0.15, 0.2) is 18.2 Å². The molecule has 0 amide bonds. The van der Waals surface area contributed by atoms with Gasteiger partial charge in [-0.1, -0.05) is 12.0 Å². The second-order valence-corrected chi connectivity index (χ2v) is 3.42. The van der Waals surface area contributed by atoms with E-state index in [1.165, 1.54) is 0 Å². The van der Waals surface area contributed by atoms with Crippen LogP contribution in [0.5, 0.6) is 5.75 Å². The van der Waals surface area contributed by atoms with E-state index in [1.54, 1.807) is 13.8 Å². The predicted molar refractivity (Wildman–Crippen MR) is 60.8 cm³/mol. The number of aryl methyl sites for hydroxylation is 1. The minimum absolute atomic E-state index is 0.408. The highest BCUT2D eigenvalue weighted by molar-refractivity contribution is 5.37. The second kappa shape index (κ2) is 5.43. The van der Waals surface area contributed by atoms with Crippen LogP contribution >= 0.6 is 0 Å². The Kier molecular flexibility index (Phi) is 4.20. The Bertz CT molecular complexity index is 383. The molecule has 2 nitrogen and oxygen atoms in total. The van der Waals surface area contributed by atoms with Crippen LogP contribution < -0.4 is 4.74 Å². The largest absolute Gasteiger partial charge is 0.481 e. The van der Waals surface area contributed by atoms with Gasteiger partial charge in [-0.05, 0) is 44.0 Å². The molecule has 1 aromatic carbocycles. The van der Waals surface area contributed by atoms with Crippen molar-refractivity contribution in [1.82, 2.24) is 0 Å². The van der Waals surface area contributed by atoms with Crippen molar-refractivity contribution < 1.29 is 9.84 Å². The fourth-order valence-electron chi connectivity index (χ4n) is 1.28. The number of aliphatic hydroxyl groups is 1. The van der Waals surface area contributed by atoms with Crippen LogP contribution in [-0.4, -0.2) is 11.7 Å². The van der Waals surface area contributed by atoms with Crippen molar-refractivity contribution in [3.05, 3.63) is 29.3 Å². The molecule has 80 valence electrons. The van der Waals surface area contributed by atoms with Crippen molar-refractivity contribution in [1.29, 1.82) is 0 Å². The van der Waals surface area contributed by atoms with E-state index in [9.17, 15) is 5.11 Å². The number of hydrogen-bond acceptors (Lipinski definition) is 2. The monoisotopic (exact) mass is 204 g/mol. The summed E-state index contributed by atoms with van der Waals surface area (Å²) in [6.45, 7) is 5.90. The molecule has 0 spiro atoms. The Balaban J connectivity index is 2.77. The third-order valence-corrected chi connectivity index (χ3v) is 2.16. The Morgan fingerprint density at radius 1 is 1.47 bits per heavy atom. The smallest absolute Gasteiger partial charge is 0.149 e. The Morgan fingerprint density at radius 3 is 2.73 bits per heavy atom. The van der Waals surface area contributed by atoms with Gasteiger partial charge in [0, 0.05) is 0 Å². The quantitative estimate of drug-likeness (QED) is 0.766. The molecule has 0 radical (unpaired) electrons. The van der Waals surface area contributed by atoms with Crippen molar-refractivity contribution in [2.24, 2.45) is 0 Å². The summed E-state index contributed by atoms with van der Waals surface area (Å²) in [7, 11) is 0. The van der Waals surface area contributed by atoms with Gasteiger partial charge in [-0.15, -0.1) is 5.92 Å². The lowest BCUT2D eigenvalue weighted by Crippen LogP contribution is -1.98. The summed E-state index contributed by atoms with van der Waals surface area (Å²) >= 11 is 0. The fourth-order valence-corrected chi connectivity index (χ4v) is 1.28. The molecule has 1 aromatic rings. The normalized spacial score (nSPS) is 11.5. The van der Waals surface area contributed by atoms with Crippen LogP contribution in [0.1, 0.15) is 31.1 Å². The minimum Gasteiger partial charge on any atom is -0.481 e. The second-order valence-electron chi connectivity index (χ2n) is 3.42. The molecule has 0 aliphatic carbocycles. The first-order chi connectivity index (χ1) is 7.15. The molecule has 0 saturated heterocycles. The molecule has 0 saturated carbocycles. The zero-order chi connectivity index (χ0) is 11.3. The average molecular weight is 204 g/mol. The third-order valence-electron chi connectivity index (χ3n) is 2.16. The molecule has 0 aliphatic rings. The number of aliphatic hydroxyl groups excluding tert-OH is 1. The van der Waals surface area contributed by atoms with Crippen molar-refractivity contribution >= 4 is 0 Å². The topological polar surface area (TPSA) is 29.5 Å². The maximum Gasteiger partial charge on any atom is 0.149 e. The maximum absolute atomic E-state index is 9.39. The number of ether oxygens (including phenoxy) is 1. The van der Waals surface area contributed by atoms with Gasteiger partial charge in [0.2, 0.25) is 0 Å². The van der Waals surface area contributed by atoms with Crippen molar-refractivity contribution in [3.8, 4) is 17.6 Å². The molecule has 0 heterocycles. The van der Waals surface area contributed by atoms with Gasteiger partial charge in [-0.3, -0.25) is 0 Å². The number of benzene rings is 1. The lowest BCUT2D eigenvalue weighted by molar-refractivity contribution is 0.199. The van der Waals surface area contributed by atoms with E-state index in [2.05, 4.69) is 11.8 Å². The van der Waals surface area contributed by atoms with Gasteiger partial charge >= 0.3 is 0 Å². The van der Waals surface area contributed by atoms with Gasteiger partial charge in [-0.25, -0.2) is 0 Å². The van der Waals surface area contributed by atoms with Crippen LogP contribution in [0.25, 0.3) is 0 Å². The molecule has 1 rings (SSSR count). The first-order valence-electron chi connectivity index (χ1n) is 4.96. The van der Waals surface area contributed by atoms with Crippen LogP contribution in [0.4, 0.5) is 0 Å². The van der Waals surface area contributed by atoms with Gasteiger partial charge in [0.1, 0.15) is 12.4 Å². The highest BCUT2D eigenvalue weighted by atomic mass is 16.5. The predicted octanol–water partition coefficient (Wildman–Crippen LogP) is 2.45. The Hall–Kier alpha value is -1.46. The standard InChI is InChI=1S/C13H16O2/c1-4-5-8-15-13-7-6-12(11(3)14)9-10(13)2/h6-7,9,11,14H,8H2,1-3H3/t11-/m0/s1. The van der Waals surface area contributed by atoms with E-state index in [0.717, 1.165) is 16.9 Å². The molecular formula is C13H16O2. The molecule has 15 heavy (non-hydrogen) atoms. The van der Waals surface area contributed by atoms with Gasteiger partial charge in [0.25, 0.3) is 0 Å². The summed E-state index contributed by atoms with van der Waals surface area (Å²) in [5, 5.41) is 9.39. The molecule has 0 fully saturated rings. The summed E-state index contributed by atoms with van der Waals surface area (Å²) in [5.74, 6) is 6.43. The highest BCUT2D eigenvalue weighted by Crippen LogP contribution is 2.22. The Labute approximate surface area is 90.9 Å². The van der Waals surface area contributed by atoms with Crippen LogP contribution in [-0.2, 0) is 0 Å². The first-order valence-corrected chi connectivity index (χ1v) is 4.96. The minimum atomic E-state index is -0.437.